The Bertz CT molecular complexity index is 668. The average molecular weight is 333 g/mol. The zero-order valence-corrected chi connectivity index (χ0v) is 13.5. The number of carbonyl (C=O) groups is 1. The first kappa shape index (κ1) is 15.9. The van der Waals surface area contributed by atoms with Crippen LogP contribution in [0.4, 0.5) is 5.69 Å². The van der Waals surface area contributed by atoms with Crippen LogP contribution in [-0.4, -0.2) is 36.8 Å². The molecule has 1 aromatic heterocycles. The van der Waals surface area contributed by atoms with Gasteiger partial charge in [-0.2, -0.15) is 0 Å². The molecule has 1 amide bonds. The van der Waals surface area contributed by atoms with Crippen molar-refractivity contribution in [2.24, 2.45) is 5.73 Å². The summed E-state index contributed by atoms with van der Waals surface area (Å²) < 4.78 is 11.2. The summed E-state index contributed by atoms with van der Waals surface area (Å²) in [6.45, 7) is 1.81. The van der Waals surface area contributed by atoms with Gasteiger partial charge in [0.25, 0.3) is 5.91 Å². The van der Waals surface area contributed by atoms with Crippen LogP contribution in [0.3, 0.4) is 0 Å². The number of rotatable bonds is 6. The molecule has 0 aliphatic carbocycles. The van der Waals surface area contributed by atoms with Gasteiger partial charge in [-0.1, -0.05) is 12.1 Å². The predicted molar refractivity (Wildman–Crippen MR) is 89.1 cm³/mol. The summed E-state index contributed by atoms with van der Waals surface area (Å²) in [5.41, 5.74) is 6.54. The van der Waals surface area contributed by atoms with Crippen LogP contribution >= 0.6 is 11.3 Å². The number of hydrogen-bond donors (Lipinski definition) is 2. The van der Waals surface area contributed by atoms with E-state index in [1.807, 2.05) is 24.3 Å². The number of ether oxygens (including phenoxy) is 2. The highest BCUT2D eigenvalue weighted by molar-refractivity contribution is 7.09. The Labute approximate surface area is 138 Å². The van der Waals surface area contributed by atoms with Crippen LogP contribution in [-0.2, 0) is 11.2 Å². The molecule has 0 saturated carbocycles. The number of carbonyl (C=O) groups excluding carboxylic acids is 1. The van der Waals surface area contributed by atoms with Gasteiger partial charge in [-0.15, -0.1) is 11.3 Å². The lowest BCUT2D eigenvalue weighted by Crippen LogP contribution is -2.18. The van der Waals surface area contributed by atoms with E-state index in [1.165, 1.54) is 11.3 Å². The fourth-order valence-electron chi connectivity index (χ4n) is 2.30. The quantitative estimate of drug-likeness (QED) is 0.845. The second kappa shape index (κ2) is 7.54. The van der Waals surface area contributed by atoms with E-state index in [0.717, 1.165) is 11.4 Å². The number of nitrogens with zero attached hydrogens (tertiary/aromatic N) is 1. The first-order valence-electron chi connectivity index (χ1n) is 7.55. The summed E-state index contributed by atoms with van der Waals surface area (Å²) in [5.74, 6) is 0.400. The highest BCUT2D eigenvalue weighted by Gasteiger charge is 2.19. The zero-order valence-electron chi connectivity index (χ0n) is 12.7. The third kappa shape index (κ3) is 4.07. The topological polar surface area (TPSA) is 86.5 Å². The van der Waals surface area contributed by atoms with Gasteiger partial charge in [0.2, 0.25) is 0 Å². The molecule has 6 nitrogen and oxygen atoms in total. The Hall–Kier alpha value is -1.96. The SMILES string of the molecule is NCCc1nc(C(=O)Nc2ccccc2OC2CCOC2)cs1. The molecule has 0 spiro atoms. The molecule has 0 radical (unpaired) electrons. The van der Waals surface area contributed by atoms with Gasteiger partial charge >= 0.3 is 0 Å². The fraction of sp³-hybridized carbons (Fsp3) is 0.375. The first-order valence-corrected chi connectivity index (χ1v) is 8.43. The molecular formula is C16H19N3O3S. The third-order valence-electron chi connectivity index (χ3n) is 3.46. The third-order valence-corrected chi connectivity index (χ3v) is 4.37. The number of hydrogen-bond acceptors (Lipinski definition) is 6. The van der Waals surface area contributed by atoms with Gasteiger partial charge in [-0.25, -0.2) is 4.98 Å². The van der Waals surface area contributed by atoms with Gasteiger partial charge in [-0.05, 0) is 18.7 Å². The molecule has 3 rings (SSSR count). The van der Waals surface area contributed by atoms with Gasteiger partial charge < -0.3 is 20.5 Å². The molecule has 122 valence electrons. The van der Waals surface area contributed by atoms with Crippen molar-refractivity contribution in [3.05, 3.63) is 40.3 Å². The Morgan fingerprint density at radius 1 is 1.48 bits per heavy atom. The molecule has 23 heavy (non-hydrogen) atoms. The number of benzene rings is 1. The lowest BCUT2D eigenvalue weighted by Gasteiger charge is -2.15. The summed E-state index contributed by atoms with van der Waals surface area (Å²) in [5, 5.41) is 5.48. The van der Waals surface area contributed by atoms with Crippen LogP contribution in [0.1, 0.15) is 21.9 Å². The number of amides is 1. The maximum absolute atomic E-state index is 12.3. The molecule has 1 aromatic carbocycles. The van der Waals surface area contributed by atoms with E-state index in [0.29, 0.717) is 43.3 Å². The van der Waals surface area contributed by atoms with Gasteiger partial charge in [0.15, 0.2) is 0 Å². The highest BCUT2D eigenvalue weighted by atomic mass is 32.1. The number of aromatic nitrogens is 1. The molecule has 2 heterocycles. The molecule has 0 bridgehead atoms. The van der Waals surface area contributed by atoms with Crippen molar-refractivity contribution in [2.45, 2.75) is 18.9 Å². The number of anilines is 1. The average Bonchev–Trinajstić information content (AvgIpc) is 3.21. The van der Waals surface area contributed by atoms with Crippen molar-refractivity contribution in [3.8, 4) is 5.75 Å². The van der Waals surface area contributed by atoms with E-state index in [-0.39, 0.29) is 12.0 Å². The lowest BCUT2D eigenvalue weighted by atomic mass is 10.2. The van der Waals surface area contributed by atoms with Gasteiger partial charge in [-0.3, -0.25) is 4.79 Å². The van der Waals surface area contributed by atoms with Crippen LogP contribution < -0.4 is 15.8 Å². The van der Waals surface area contributed by atoms with Crippen molar-refractivity contribution in [2.75, 3.05) is 25.1 Å². The molecule has 1 saturated heterocycles. The Morgan fingerprint density at radius 2 is 2.35 bits per heavy atom. The number of nitrogens with one attached hydrogen (secondary N) is 1. The maximum atomic E-state index is 12.3. The second-order valence-corrected chi connectivity index (χ2v) is 6.16. The predicted octanol–water partition coefficient (Wildman–Crippen LogP) is 2.06. The van der Waals surface area contributed by atoms with Crippen molar-refractivity contribution in [1.82, 2.24) is 4.98 Å². The normalized spacial score (nSPS) is 17.2. The van der Waals surface area contributed by atoms with E-state index < -0.39 is 0 Å². The smallest absolute Gasteiger partial charge is 0.275 e. The molecule has 1 atom stereocenters. The standard InChI is InChI=1S/C16H19N3O3S/c17-7-5-15-18-13(10-23-15)16(20)19-12-3-1-2-4-14(12)22-11-6-8-21-9-11/h1-4,10-11H,5-9,17H2,(H,19,20). The van der Waals surface area contributed by atoms with Gasteiger partial charge in [0, 0.05) is 18.2 Å². The summed E-state index contributed by atoms with van der Waals surface area (Å²) in [6, 6.07) is 7.39. The zero-order chi connectivity index (χ0) is 16.1. The van der Waals surface area contributed by atoms with Gasteiger partial charge in [0.05, 0.1) is 23.9 Å². The van der Waals surface area contributed by atoms with Crippen LogP contribution in [0.5, 0.6) is 5.75 Å². The Morgan fingerprint density at radius 3 is 3.13 bits per heavy atom. The minimum absolute atomic E-state index is 0.0310. The Balaban J connectivity index is 1.69. The molecule has 1 aliphatic heterocycles. The van der Waals surface area contributed by atoms with Crippen LogP contribution in [0.25, 0.3) is 0 Å². The molecule has 1 unspecified atom stereocenters. The minimum atomic E-state index is -0.247. The van der Waals surface area contributed by atoms with E-state index in [4.69, 9.17) is 15.2 Å². The number of nitrogens with two attached hydrogens (primary N) is 1. The van der Waals surface area contributed by atoms with E-state index in [2.05, 4.69) is 10.3 Å². The number of para-hydroxylation sites is 2. The summed E-state index contributed by atoms with van der Waals surface area (Å²) >= 11 is 1.44. The van der Waals surface area contributed by atoms with Crippen LogP contribution in [0, 0.1) is 0 Å². The van der Waals surface area contributed by atoms with Crippen molar-refractivity contribution >= 4 is 22.9 Å². The minimum Gasteiger partial charge on any atom is -0.486 e. The molecule has 3 N–H and O–H groups in total. The molecule has 1 aliphatic rings. The molecule has 1 fully saturated rings. The van der Waals surface area contributed by atoms with Crippen molar-refractivity contribution in [1.29, 1.82) is 0 Å². The van der Waals surface area contributed by atoms with Crippen molar-refractivity contribution < 1.29 is 14.3 Å². The number of thiazole rings is 1. The first-order chi connectivity index (χ1) is 11.3. The summed E-state index contributed by atoms with van der Waals surface area (Å²) in [4.78, 5) is 16.6. The largest absolute Gasteiger partial charge is 0.486 e. The summed E-state index contributed by atoms with van der Waals surface area (Å²) in [7, 11) is 0. The highest BCUT2D eigenvalue weighted by Crippen LogP contribution is 2.27. The molecule has 2 aromatic rings. The van der Waals surface area contributed by atoms with E-state index in [1.54, 1.807) is 5.38 Å². The Kier molecular flexibility index (Phi) is 5.22. The summed E-state index contributed by atoms with van der Waals surface area (Å²) in [6.07, 6.45) is 1.57. The fourth-order valence-corrected chi connectivity index (χ4v) is 3.09. The monoisotopic (exact) mass is 333 g/mol. The van der Waals surface area contributed by atoms with E-state index >= 15 is 0 Å². The maximum Gasteiger partial charge on any atom is 0.275 e. The van der Waals surface area contributed by atoms with Crippen molar-refractivity contribution in [3.63, 3.8) is 0 Å². The lowest BCUT2D eigenvalue weighted by molar-refractivity contribution is 0.102. The second-order valence-electron chi connectivity index (χ2n) is 5.22. The van der Waals surface area contributed by atoms with Crippen LogP contribution in [0.2, 0.25) is 0 Å². The molecular weight excluding hydrogens is 314 g/mol. The molecule has 7 heteroatoms. The van der Waals surface area contributed by atoms with Crippen LogP contribution in [0.15, 0.2) is 29.6 Å². The van der Waals surface area contributed by atoms with E-state index in [9.17, 15) is 4.79 Å². The van der Waals surface area contributed by atoms with Gasteiger partial charge in [0.1, 0.15) is 17.5 Å².